The predicted molar refractivity (Wildman–Crippen MR) is 128 cm³/mol. The van der Waals surface area contributed by atoms with Gasteiger partial charge < -0.3 is 18.9 Å². The molecule has 0 spiro atoms. The van der Waals surface area contributed by atoms with Crippen molar-refractivity contribution in [3.05, 3.63) is 23.8 Å². The lowest BCUT2D eigenvalue weighted by molar-refractivity contribution is -0.145. The van der Waals surface area contributed by atoms with Crippen LogP contribution >= 0.6 is 0 Å². The highest BCUT2D eigenvalue weighted by Gasteiger charge is 2.40. The summed E-state index contributed by atoms with van der Waals surface area (Å²) >= 11 is 0. The highest BCUT2D eigenvalue weighted by Crippen LogP contribution is 2.35. The summed E-state index contributed by atoms with van der Waals surface area (Å²) in [5.74, 6) is 2.45. The Bertz CT molecular complexity index is 733. The standard InChI is InChI=1S/C26H41NO5/c1-17(2)20(15-22(27-5)24-16-21(18(3)4)26(28)32-24)13-19-9-10-23(30-7)25(14-19)31-12-8-11-29-6/h9-10,14,17-18,20-22,24H,5,8,11-13,15-16H2,1-4,6-7H3/t20-,21-,22-,24-/m0/s1. The number of ether oxygens (including phenoxy) is 4. The number of esters is 1. The Morgan fingerprint density at radius 1 is 1.16 bits per heavy atom. The van der Waals surface area contributed by atoms with Crippen molar-refractivity contribution in [2.45, 2.75) is 65.5 Å². The number of benzene rings is 1. The van der Waals surface area contributed by atoms with Crippen LogP contribution in [0, 0.1) is 23.7 Å². The Labute approximate surface area is 193 Å². The van der Waals surface area contributed by atoms with Gasteiger partial charge in [-0.1, -0.05) is 33.8 Å². The van der Waals surface area contributed by atoms with Gasteiger partial charge in [-0.25, -0.2) is 0 Å². The zero-order chi connectivity index (χ0) is 23.7. The second-order valence-corrected chi connectivity index (χ2v) is 9.44. The first-order chi connectivity index (χ1) is 15.3. The van der Waals surface area contributed by atoms with E-state index in [1.807, 2.05) is 6.07 Å². The lowest BCUT2D eigenvalue weighted by atomic mass is 9.82. The van der Waals surface area contributed by atoms with Crippen LogP contribution in [0.3, 0.4) is 0 Å². The maximum Gasteiger partial charge on any atom is 0.309 e. The first-order valence-corrected chi connectivity index (χ1v) is 11.8. The summed E-state index contributed by atoms with van der Waals surface area (Å²) in [4.78, 5) is 16.6. The first kappa shape index (κ1) is 26.2. The van der Waals surface area contributed by atoms with Gasteiger partial charge in [0, 0.05) is 26.6 Å². The number of carbonyl (C=O) groups excluding carboxylic acids is 1. The molecule has 0 saturated carbocycles. The molecule has 1 fully saturated rings. The van der Waals surface area contributed by atoms with Gasteiger partial charge in [0.05, 0.1) is 25.7 Å². The molecule has 0 unspecified atom stereocenters. The van der Waals surface area contributed by atoms with Crippen molar-refractivity contribution in [2.75, 3.05) is 27.4 Å². The van der Waals surface area contributed by atoms with Gasteiger partial charge in [-0.05, 0) is 55.0 Å². The lowest BCUT2D eigenvalue weighted by Gasteiger charge is -2.27. The third-order valence-corrected chi connectivity index (χ3v) is 6.49. The summed E-state index contributed by atoms with van der Waals surface area (Å²) < 4.78 is 22.2. The molecule has 32 heavy (non-hydrogen) atoms. The van der Waals surface area contributed by atoms with Gasteiger partial charge in [-0.2, -0.15) is 0 Å². The van der Waals surface area contributed by atoms with Crippen molar-refractivity contribution in [3.8, 4) is 11.5 Å². The Morgan fingerprint density at radius 2 is 1.91 bits per heavy atom. The van der Waals surface area contributed by atoms with E-state index in [4.69, 9.17) is 18.9 Å². The quantitative estimate of drug-likeness (QED) is 0.229. The van der Waals surface area contributed by atoms with E-state index in [0.717, 1.165) is 37.2 Å². The summed E-state index contributed by atoms with van der Waals surface area (Å²) in [5, 5.41) is 0. The molecule has 1 aromatic rings. The van der Waals surface area contributed by atoms with E-state index in [0.29, 0.717) is 25.0 Å². The number of hydrogen-bond acceptors (Lipinski definition) is 6. The highest BCUT2D eigenvalue weighted by atomic mass is 16.6. The van der Waals surface area contributed by atoms with Gasteiger partial charge in [0.1, 0.15) is 6.10 Å². The second-order valence-electron chi connectivity index (χ2n) is 9.44. The van der Waals surface area contributed by atoms with Gasteiger partial charge in [-0.3, -0.25) is 9.79 Å². The second kappa shape index (κ2) is 12.8. The number of nitrogens with zero attached hydrogens (tertiary/aromatic N) is 1. The third kappa shape index (κ3) is 7.22. The van der Waals surface area contributed by atoms with Crippen molar-refractivity contribution in [2.24, 2.45) is 28.7 Å². The molecule has 2 rings (SSSR count). The number of carbonyl (C=O) groups is 1. The van der Waals surface area contributed by atoms with Gasteiger partial charge >= 0.3 is 5.97 Å². The monoisotopic (exact) mass is 447 g/mol. The van der Waals surface area contributed by atoms with Crippen LogP contribution in [0.1, 0.15) is 52.5 Å². The van der Waals surface area contributed by atoms with Crippen molar-refractivity contribution >= 4 is 12.7 Å². The van der Waals surface area contributed by atoms with Crippen LogP contribution < -0.4 is 9.47 Å². The normalized spacial score (nSPS) is 20.3. The Balaban J connectivity index is 2.09. The molecule has 1 aromatic carbocycles. The average Bonchev–Trinajstić information content (AvgIpc) is 3.15. The van der Waals surface area contributed by atoms with E-state index >= 15 is 0 Å². The summed E-state index contributed by atoms with van der Waals surface area (Å²) in [6.45, 7) is 13.7. The van der Waals surface area contributed by atoms with Crippen molar-refractivity contribution in [3.63, 3.8) is 0 Å². The van der Waals surface area contributed by atoms with Crippen LogP contribution in [0.25, 0.3) is 0 Å². The lowest BCUT2D eigenvalue weighted by Crippen LogP contribution is -2.29. The molecule has 1 aliphatic heterocycles. The van der Waals surface area contributed by atoms with E-state index in [2.05, 4.69) is 51.5 Å². The highest BCUT2D eigenvalue weighted by molar-refractivity contribution is 5.75. The maximum atomic E-state index is 12.3. The van der Waals surface area contributed by atoms with Crippen LogP contribution in [0.5, 0.6) is 11.5 Å². The molecule has 6 heteroatoms. The van der Waals surface area contributed by atoms with Crippen molar-refractivity contribution in [1.29, 1.82) is 0 Å². The van der Waals surface area contributed by atoms with E-state index in [9.17, 15) is 4.79 Å². The molecule has 0 aliphatic carbocycles. The molecule has 0 bridgehead atoms. The molecule has 4 atom stereocenters. The fourth-order valence-corrected chi connectivity index (χ4v) is 4.31. The van der Waals surface area contributed by atoms with Crippen LogP contribution in [-0.2, 0) is 20.7 Å². The maximum absolute atomic E-state index is 12.3. The number of cyclic esters (lactones) is 1. The van der Waals surface area contributed by atoms with E-state index < -0.39 is 0 Å². The van der Waals surface area contributed by atoms with Crippen LogP contribution in [-0.4, -0.2) is 52.3 Å². The minimum Gasteiger partial charge on any atom is -0.493 e. The van der Waals surface area contributed by atoms with Crippen molar-refractivity contribution < 1.29 is 23.7 Å². The largest absolute Gasteiger partial charge is 0.493 e. The molecule has 1 saturated heterocycles. The van der Waals surface area contributed by atoms with Crippen LogP contribution in [0.15, 0.2) is 23.2 Å². The topological polar surface area (TPSA) is 66.3 Å². The van der Waals surface area contributed by atoms with E-state index in [1.165, 1.54) is 5.56 Å². The SMILES string of the molecule is C=N[C@@H](C[C@H](Cc1ccc(OC)c(OCCCOC)c1)C(C)C)[C@@H]1C[C@@H](C(C)C)C(=O)O1. The number of rotatable bonds is 14. The van der Waals surface area contributed by atoms with E-state index in [-0.39, 0.29) is 30.0 Å². The minimum atomic E-state index is -0.177. The summed E-state index contributed by atoms with van der Waals surface area (Å²) in [6.07, 6.45) is 3.09. The Hall–Kier alpha value is -2.08. The molecule has 0 N–H and O–H groups in total. The molecule has 0 aromatic heterocycles. The zero-order valence-corrected chi connectivity index (χ0v) is 20.6. The molecule has 1 heterocycles. The fourth-order valence-electron chi connectivity index (χ4n) is 4.31. The fraction of sp³-hybridized carbons (Fsp3) is 0.692. The van der Waals surface area contributed by atoms with Gasteiger partial charge in [0.2, 0.25) is 0 Å². The summed E-state index contributed by atoms with van der Waals surface area (Å²) in [7, 11) is 3.34. The molecule has 180 valence electrons. The van der Waals surface area contributed by atoms with Gasteiger partial charge in [0.25, 0.3) is 0 Å². The average molecular weight is 448 g/mol. The minimum absolute atomic E-state index is 0.0406. The smallest absolute Gasteiger partial charge is 0.309 e. The molecular formula is C26H41NO5. The predicted octanol–water partition coefficient (Wildman–Crippen LogP) is 4.97. The zero-order valence-electron chi connectivity index (χ0n) is 20.6. The molecular weight excluding hydrogens is 406 g/mol. The molecule has 0 amide bonds. The molecule has 6 nitrogen and oxygen atoms in total. The van der Waals surface area contributed by atoms with E-state index in [1.54, 1.807) is 14.2 Å². The Kier molecular flexibility index (Phi) is 10.5. The number of methoxy groups -OCH3 is 2. The first-order valence-electron chi connectivity index (χ1n) is 11.8. The summed E-state index contributed by atoms with van der Waals surface area (Å²) in [5.41, 5.74) is 1.19. The number of aliphatic imine (C=N–C) groups is 1. The third-order valence-electron chi connectivity index (χ3n) is 6.49. The van der Waals surface area contributed by atoms with Gasteiger partial charge in [0.15, 0.2) is 11.5 Å². The molecule has 1 aliphatic rings. The Morgan fingerprint density at radius 3 is 2.47 bits per heavy atom. The number of hydrogen-bond donors (Lipinski definition) is 0. The molecule has 0 radical (unpaired) electrons. The van der Waals surface area contributed by atoms with Gasteiger partial charge in [-0.15, -0.1) is 0 Å². The van der Waals surface area contributed by atoms with Crippen LogP contribution in [0.2, 0.25) is 0 Å². The van der Waals surface area contributed by atoms with Crippen LogP contribution in [0.4, 0.5) is 0 Å². The summed E-state index contributed by atoms with van der Waals surface area (Å²) in [6, 6.07) is 6.05. The van der Waals surface area contributed by atoms with Crippen molar-refractivity contribution in [1.82, 2.24) is 0 Å².